The third-order valence-electron chi connectivity index (χ3n) is 4.99. The molecule has 0 bridgehead atoms. The summed E-state index contributed by atoms with van der Waals surface area (Å²) < 4.78 is 2.43. The van der Waals surface area contributed by atoms with Crippen molar-refractivity contribution in [2.45, 2.75) is 64.6 Å². The summed E-state index contributed by atoms with van der Waals surface area (Å²) in [5, 5.41) is 9.35. The number of rotatable bonds is 3. The van der Waals surface area contributed by atoms with Gasteiger partial charge in [-0.1, -0.05) is 6.42 Å². The summed E-state index contributed by atoms with van der Waals surface area (Å²) in [7, 11) is 0. The summed E-state index contributed by atoms with van der Waals surface area (Å²) in [5.74, 6) is 1.70. The average Bonchev–Trinajstić information content (AvgIpc) is 2.89. The van der Waals surface area contributed by atoms with Crippen molar-refractivity contribution in [2.75, 3.05) is 13.2 Å². The Balaban J connectivity index is 1.85. The van der Waals surface area contributed by atoms with Crippen LogP contribution in [0.2, 0.25) is 0 Å². The van der Waals surface area contributed by atoms with Crippen LogP contribution >= 0.6 is 0 Å². The smallest absolute Gasteiger partial charge is 0.126 e. The van der Waals surface area contributed by atoms with Crippen LogP contribution < -0.4 is 0 Å². The molecule has 2 aliphatic rings. The average molecular weight is 277 g/mol. The molecule has 1 fully saturated rings. The summed E-state index contributed by atoms with van der Waals surface area (Å²) in [5.41, 5.74) is 1.32. The quantitative estimate of drug-likeness (QED) is 0.922. The van der Waals surface area contributed by atoms with Gasteiger partial charge in [0.25, 0.3) is 0 Å². The van der Waals surface area contributed by atoms with Gasteiger partial charge in [0.2, 0.25) is 0 Å². The molecule has 2 unspecified atom stereocenters. The molecule has 20 heavy (non-hydrogen) atoms. The van der Waals surface area contributed by atoms with E-state index in [-0.39, 0.29) is 0 Å². The van der Waals surface area contributed by atoms with E-state index in [0.29, 0.717) is 24.6 Å². The van der Waals surface area contributed by atoms with E-state index in [1.165, 1.54) is 37.3 Å². The molecular formula is C16H27N3O. The van der Waals surface area contributed by atoms with E-state index in [1.807, 2.05) is 6.20 Å². The van der Waals surface area contributed by atoms with Crippen molar-refractivity contribution >= 4 is 0 Å². The fourth-order valence-electron chi connectivity index (χ4n) is 3.83. The third-order valence-corrected chi connectivity index (χ3v) is 4.99. The van der Waals surface area contributed by atoms with E-state index >= 15 is 0 Å². The SMILES string of the molecule is CC(C)N1CCCCC1c1ncc2n1CCC(CO)C2. The molecule has 1 N–H and O–H groups in total. The molecule has 0 saturated carbocycles. The number of imidazole rings is 1. The van der Waals surface area contributed by atoms with Gasteiger partial charge in [0, 0.05) is 31.1 Å². The van der Waals surface area contributed by atoms with Crippen LogP contribution in [0.25, 0.3) is 0 Å². The number of hydrogen-bond donors (Lipinski definition) is 1. The molecular weight excluding hydrogens is 250 g/mol. The molecule has 1 aromatic heterocycles. The number of nitrogens with zero attached hydrogens (tertiary/aromatic N) is 3. The van der Waals surface area contributed by atoms with Crippen molar-refractivity contribution < 1.29 is 5.11 Å². The minimum absolute atomic E-state index is 0.308. The second kappa shape index (κ2) is 5.86. The molecule has 0 radical (unpaired) electrons. The van der Waals surface area contributed by atoms with Crippen LogP contribution in [0.4, 0.5) is 0 Å². The van der Waals surface area contributed by atoms with E-state index in [0.717, 1.165) is 19.4 Å². The van der Waals surface area contributed by atoms with Gasteiger partial charge in [-0.25, -0.2) is 4.98 Å². The van der Waals surface area contributed by atoms with Gasteiger partial charge in [0.05, 0.1) is 6.04 Å². The molecule has 112 valence electrons. The van der Waals surface area contributed by atoms with Crippen molar-refractivity contribution in [1.29, 1.82) is 0 Å². The van der Waals surface area contributed by atoms with Crippen molar-refractivity contribution in [3.05, 3.63) is 17.7 Å². The fraction of sp³-hybridized carbons (Fsp3) is 0.812. The number of aliphatic hydroxyl groups is 1. The number of likely N-dealkylation sites (tertiary alicyclic amines) is 1. The van der Waals surface area contributed by atoms with Crippen LogP contribution in [0.3, 0.4) is 0 Å². The maximum Gasteiger partial charge on any atom is 0.126 e. The van der Waals surface area contributed by atoms with Gasteiger partial charge in [0.15, 0.2) is 0 Å². The van der Waals surface area contributed by atoms with Crippen molar-refractivity contribution in [2.24, 2.45) is 5.92 Å². The van der Waals surface area contributed by atoms with Crippen LogP contribution in [0.15, 0.2) is 6.20 Å². The topological polar surface area (TPSA) is 41.3 Å². The van der Waals surface area contributed by atoms with Gasteiger partial charge < -0.3 is 9.67 Å². The zero-order valence-corrected chi connectivity index (χ0v) is 12.8. The Morgan fingerprint density at radius 3 is 2.90 bits per heavy atom. The van der Waals surface area contributed by atoms with E-state index < -0.39 is 0 Å². The largest absolute Gasteiger partial charge is 0.396 e. The second-order valence-corrected chi connectivity index (χ2v) is 6.64. The summed E-state index contributed by atoms with van der Waals surface area (Å²) in [6.07, 6.45) is 7.98. The summed E-state index contributed by atoms with van der Waals surface area (Å²) in [6.45, 7) is 7.12. The molecule has 0 aromatic carbocycles. The van der Waals surface area contributed by atoms with Crippen molar-refractivity contribution in [3.8, 4) is 0 Å². The normalized spacial score (nSPS) is 27.8. The van der Waals surface area contributed by atoms with Crippen LogP contribution in [0.1, 0.15) is 57.1 Å². The molecule has 2 atom stereocenters. The van der Waals surface area contributed by atoms with Crippen LogP contribution in [-0.4, -0.2) is 38.8 Å². The molecule has 4 heteroatoms. The highest BCUT2D eigenvalue weighted by molar-refractivity contribution is 5.13. The molecule has 1 saturated heterocycles. The van der Waals surface area contributed by atoms with E-state index in [9.17, 15) is 5.11 Å². The zero-order chi connectivity index (χ0) is 14.1. The van der Waals surface area contributed by atoms with Crippen LogP contribution in [0, 0.1) is 5.92 Å². The van der Waals surface area contributed by atoms with Gasteiger partial charge >= 0.3 is 0 Å². The summed E-state index contributed by atoms with van der Waals surface area (Å²) in [4.78, 5) is 7.37. The van der Waals surface area contributed by atoms with Crippen LogP contribution in [0.5, 0.6) is 0 Å². The molecule has 0 spiro atoms. The number of piperidine rings is 1. The molecule has 0 aliphatic carbocycles. The number of hydrogen-bond acceptors (Lipinski definition) is 3. The maximum absolute atomic E-state index is 9.35. The first kappa shape index (κ1) is 14.1. The standard InChI is InChI=1S/C16H27N3O/c1-12(2)18-7-4-3-5-15(18)16-17-10-14-9-13(11-20)6-8-19(14)16/h10,12-13,15,20H,3-9,11H2,1-2H3. The lowest BCUT2D eigenvalue weighted by Gasteiger charge is -2.39. The first-order valence-corrected chi connectivity index (χ1v) is 8.11. The summed E-state index contributed by atoms with van der Waals surface area (Å²) in [6, 6.07) is 1.07. The minimum Gasteiger partial charge on any atom is -0.396 e. The highest BCUT2D eigenvalue weighted by Gasteiger charge is 2.31. The Kier molecular flexibility index (Phi) is 4.13. The van der Waals surface area contributed by atoms with Crippen molar-refractivity contribution in [1.82, 2.24) is 14.5 Å². The maximum atomic E-state index is 9.35. The molecule has 0 amide bonds. The second-order valence-electron chi connectivity index (χ2n) is 6.64. The highest BCUT2D eigenvalue weighted by atomic mass is 16.3. The number of aromatic nitrogens is 2. The van der Waals surface area contributed by atoms with Gasteiger partial charge in [-0.3, -0.25) is 4.90 Å². The van der Waals surface area contributed by atoms with Gasteiger partial charge in [-0.2, -0.15) is 0 Å². The lowest BCUT2D eigenvalue weighted by atomic mass is 9.96. The Morgan fingerprint density at radius 1 is 1.30 bits per heavy atom. The Bertz CT molecular complexity index is 455. The Morgan fingerprint density at radius 2 is 2.15 bits per heavy atom. The van der Waals surface area contributed by atoms with Gasteiger partial charge in [0.1, 0.15) is 5.82 Å². The minimum atomic E-state index is 0.308. The Labute approximate surface area is 121 Å². The van der Waals surface area contributed by atoms with E-state index in [1.54, 1.807) is 0 Å². The number of aliphatic hydroxyl groups excluding tert-OH is 1. The molecule has 3 heterocycles. The lowest BCUT2D eigenvalue weighted by Crippen LogP contribution is -2.40. The van der Waals surface area contributed by atoms with Gasteiger partial charge in [-0.15, -0.1) is 0 Å². The van der Waals surface area contributed by atoms with Crippen LogP contribution in [-0.2, 0) is 13.0 Å². The first-order valence-electron chi connectivity index (χ1n) is 8.11. The number of fused-ring (bicyclic) bond motifs is 1. The van der Waals surface area contributed by atoms with E-state index in [2.05, 4.69) is 23.3 Å². The molecule has 4 nitrogen and oxygen atoms in total. The predicted octanol–water partition coefficient (Wildman–Crippen LogP) is 2.37. The van der Waals surface area contributed by atoms with E-state index in [4.69, 9.17) is 4.98 Å². The van der Waals surface area contributed by atoms with Crippen molar-refractivity contribution in [3.63, 3.8) is 0 Å². The monoisotopic (exact) mass is 277 g/mol. The first-order chi connectivity index (χ1) is 9.70. The molecule has 3 rings (SSSR count). The summed E-state index contributed by atoms with van der Waals surface area (Å²) >= 11 is 0. The lowest BCUT2D eigenvalue weighted by molar-refractivity contribution is 0.102. The highest BCUT2D eigenvalue weighted by Crippen LogP contribution is 2.34. The molecule has 2 aliphatic heterocycles. The molecule has 1 aromatic rings. The predicted molar refractivity (Wildman–Crippen MR) is 79.6 cm³/mol. The fourth-order valence-corrected chi connectivity index (χ4v) is 3.83. The third kappa shape index (κ3) is 2.51. The zero-order valence-electron chi connectivity index (χ0n) is 12.8. The Hall–Kier alpha value is -0.870. The van der Waals surface area contributed by atoms with Gasteiger partial charge in [-0.05, 0) is 52.0 Å².